The van der Waals surface area contributed by atoms with Gasteiger partial charge in [-0.1, -0.05) is 66.7 Å². The van der Waals surface area contributed by atoms with Crippen LogP contribution in [-0.4, -0.2) is 71.8 Å². The highest BCUT2D eigenvalue weighted by molar-refractivity contribution is 5.98. The van der Waals surface area contributed by atoms with E-state index in [4.69, 9.17) is 9.40 Å². The third-order valence-corrected chi connectivity index (χ3v) is 10.2. The summed E-state index contributed by atoms with van der Waals surface area (Å²) in [6.45, 7) is 0.828. The van der Waals surface area contributed by atoms with Crippen LogP contribution in [0.2, 0.25) is 0 Å². The molecule has 3 amide bonds. The van der Waals surface area contributed by atoms with E-state index in [-0.39, 0.29) is 23.5 Å². The maximum absolute atomic E-state index is 15.4. The zero-order valence-electron chi connectivity index (χ0n) is 29.1. The lowest BCUT2D eigenvalue weighted by Gasteiger charge is -2.26. The van der Waals surface area contributed by atoms with Gasteiger partial charge in [0.2, 0.25) is 11.8 Å². The summed E-state index contributed by atoms with van der Waals surface area (Å²) in [5.41, 5.74) is 3.93. The zero-order valence-corrected chi connectivity index (χ0v) is 29.1. The van der Waals surface area contributed by atoms with Crippen LogP contribution in [0, 0.1) is 5.82 Å². The molecule has 274 valence electrons. The number of hydrogen-bond donors (Lipinski definition) is 4. The van der Waals surface area contributed by atoms with Crippen LogP contribution >= 0.6 is 0 Å². The lowest BCUT2D eigenvalue weighted by molar-refractivity contribution is -0.144. The molecule has 4 aromatic carbocycles. The maximum atomic E-state index is 15.4. The minimum absolute atomic E-state index is 0.0599. The van der Waals surface area contributed by atoms with Gasteiger partial charge in [-0.05, 0) is 67.1 Å². The van der Waals surface area contributed by atoms with E-state index in [1.807, 2.05) is 24.3 Å². The number of carbonyl (C=O) groups excluding carboxylic acids is 3. The van der Waals surface area contributed by atoms with Gasteiger partial charge >= 0.3 is 0 Å². The molecule has 2 aromatic heterocycles. The largest absolute Gasteiger partial charge is 0.444 e. The summed E-state index contributed by atoms with van der Waals surface area (Å²) in [6.07, 6.45) is 1.28. The fourth-order valence-electron chi connectivity index (χ4n) is 7.33. The predicted molar refractivity (Wildman–Crippen MR) is 197 cm³/mol. The molecular formula is C41H37FN6O6. The quantitative estimate of drug-likeness (QED) is 0.139. The number of aromatic nitrogens is 3. The molecule has 13 heteroatoms. The summed E-state index contributed by atoms with van der Waals surface area (Å²) in [5.74, 6) is -1.38. The molecule has 0 saturated carbocycles. The van der Waals surface area contributed by atoms with Crippen molar-refractivity contribution in [2.24, 2.45) is 0 Å². The fraction of sp³-hybridized carbons (Fsp3) is 0.244. The highest BCUT2D eigenvalue weighted by atomic mass is 19.1. The normalized spacial score (nSPS) is 18.2. The number of halogens is 1. The van der Waals surface area contributed by atoms with Gasteiger partial charge < -0.3 is 34.7 Å². The van der Waals surface area contributed by atoms with Crippen molar-refractivity contribution in [1.29, 1.82) is 0 Å². The van der Waals surface area contributed by atoms with Crippen LogP contribution in [-0.2, 0) is 14.4 Å². The van der Waals surface area contributed by atoms with Gasteiger partial charge in [0.15, 0.2) is 12.2 Å². The smallest absolute Gasteiger partial charge is 0.256 e. The summed E-state index contributed by atoms with van der Waals surface area (Å²) in [5, 5.41) is 24.0. The minimum Gasteiger partial charge on any atom is -0.444 e. The number of carbonyl (C=O) groups is 3. The first-order valence-electron chi connectivity index (χ1n) is 17.9. The van der Waals surface area contributed by atoms with E-state index in [1.54, 1.807) is 65.6 Å². The number of imidazole rings is 1. The number of H-pyrrole nitrogens is 1. The Kier molecular flexibility index (Phi) is 9.48. The molecule has 0 bridgehead atoms. The molecule has 8 rings (SSSR count). The molecule has 4 heterocycles. The first-order valence-corrected chi connectivity index (χ1v) is 17.9. The Balaban J connectivity index is 0.942. The number of aliphatic hydroxyl groups excluding tert-OH is 2. The number of oxazole rings is 1. The molecule has 0 unspecified atom stereocenters. The molecule has 0 radical (unpaired) electrons. The molecule has 2 aliphatic heterocycles. The molecule has 54 heavy (non-hydrogen) atoms. The molecule has 4 atom stereocenters. The van der Waals surface area contributed by atoms with Crippen molar-refractivity contribution in [3.8, 4) is 22.7 Å². The Morgan fingerprint density at radius 2 is 1.44 bits per heavy atom. The number of hydrogen-bond acceptors (Lipinski definition) is 8. The summed E-state index contributed by atoms with van der Waals surface area (Å²) in [7, 11) is 0. The van der Waals surface area contributed by atoms with E-state index in [2.05, 4.69) is 15.3 Å². The number of nitrogens with one attached hydrogen (secondary N) is 2. The first-order chi connectivity index (χ1) is 26.2. The fourth-order valence-corrected chi connectivity index (χ4v) is 7.33. The maximum Gasteiger partial charge on any atom is 0.256 e. The van der Waals surface area contributed by atoms with Crippen LogP contribution in [0.5, 0.6) is 0 Å². The lowest BCUT2D eigenvalue weighted by Crippen LogP contribution is -2.45. The molecular weight excluding hydrogens is 691 g/mol. The van der Waals surface area contributed by atoms with Crippen LogP contribution in [0.3, 0.4) is 0 Å². The summed E-state index contributed by atoms with van der Waals surface area (Å²) in [6, 6.07) is 26.0. The molecule has 0 spiro atoms. The average Bonchev–Trinajstić information content (AvgIpc) is 4.04. The van der Waals surface area contributed by atoms with Crippen LogP contribution in [0.15, 0.2) is 108 Å². The number of aliphatic hydroxyl groups is 2. The molecule has 12 nitrogen and oxygen atoms in total. The molecule has 6 aromatic rings. The van der Waals surface area contributed by atoms with Gasteiger partial charge in [-0.3, -0.25) is 14.4 Å². The topological polar surface area (TPSA) is 165 Å². The van der Waals surface area contributed by atoms with Crippen molar-refractivity contribution in [1.82, 2.24) is 24.8 Å². The average molecular weight is 729 g/mol. The number of aromatic amines is 1. The number of rotatable bonds is 9. The first kappa shape index (κ1) is 34.9. The van der Waals surface area contributed by atoms with Gasteiger partial charge in [0.25, 0.3) is 11.8 Å². The summed E-state index contributed by atoms with van der Waals surface area (Å²) in [4.78, 5) is 55.4. The Labute approximate surface area is 309 Å². The van der Waals surface area contributed by atoms with Gasteiger partial charge in [-0.25, -0.2) is 14.4 Å². The highest BCUT2D eigenvalue weighted by Gasteiger charge is 2.38. The van der Waals surface area contributed by atoms with Gasteiger partial charge in [-0.15, -0.1) is 0 Å². The Morgan fingerprint density at radius 1 is 0.796 bits per heavy atom. The second-order valence-corrected chi connectivity index (χ2v) is 13.6. The van der Waals surface area contributed by atoms with E-state index >= 15 is 4.39 Å². The van der Waals surface area contributed by atoms with Gasteiger partial charge in [0, 0.05) is 24.2 Å². The second-order valence-electron chi connectivity index (χ2n) is 13.6. The SMILES string of the molecule is O=C(Nc1ccc(-c2nc(-c3ccc4[nH]c([C@@H]5CCCN5C(=O)[C@H](O)c5ccccc5)nc4c3)co2)cc1F)[C@@H]1CCCN1C(=O)[C@H](O)c1ccccc1. The zero-order chi connectivity index (χ0) is 37.3. The lowest BCUT2D eigenvalue weighted by atomic mass is 10.1. The number of benzene rings is 4. The molecule has 4 N–H and O–H groups in total. The van der Waals surface area contributed by atoms with Gasteiger partial charge in [0.05, 0.1) is 22.8 Å². The molecule has 2 aliphatic rings. The third kappa shape index (κ3) is 6.74. The third-order valence-electron chi connectivity index (χ3n) is 10.2. The Hall–Kier alpha value is -6.18. The van der Waals surface area contributed by atoms with Crippen LogP contribution in [0.25, 0.3) is 33.7 Å². The molecule has 2 saturated heterocycles. The Bertz CT molecular complexity index is 2330. The van der Waals surface area contributed by atoms with Crippen molar-refractivity contribution in [2.45, 2.75) is 50.0 Å². The van der Waals surface area contributed by atoms with Crippen molar-refractivity contribution in [2.75, 3.05) is 18.4 Å². The van der Waals surface area contributed by atoms with Gasteiger partial charge in [-0.2, -0.15) is 0 Å². The van der Waals surface area contributed by atoms with Crippen molar-refractivity contribution in [3.05, 3.63) is 126 Å². The second kappa shape index (κ2) is 14.7. The van der Waals surface area contributed by atoms with Crippen molar-refractivity contribution >= 4 is 34.4 Å². The van der Waals surface area contributed by atoms with E-state index in [0.29, 0.717) is 71.6 Å². The van der Waals surface area contributed by atoms with E-state index < -0.39 is 35.9 Å². The van der Waals surface area contributed by atoms with E-state index in [1.165, 1.54) is 23.3 Å². The summed E-state index contributed by atoms with van der Waals surface area (Å²) < 4.78 is 21.1. The van der Waals surface area contributed by atoms with Crippen molar-refractivity contribution < 1.29 is 33.4 Å². The number of nitrogens with zero attached hydrogens (tertiary/aromatic N) is 4. The number of amides is 3. The highest BCUT2D eigenvalue weighted by Crippen LogP contribution is 2.35. The molecule has 2 fully saturated rings. The Morgan fingerprint density at radius 3 is 2.15 bits per heavy atom. The minimum atomic E-state index is -1.40. The van der Waals surface area contributed by atoms with E-state index in [9.17, 15) is 24.6 Å². The summed E-state index contributed by atoms with van der Waals surface area (Å²) >= 11 is 0. The van der Waals surface area contributed by atoms with Crippen LogP contribution in [0.1, 0.15) is 60.9 Å². The van der Waals surface area contributed by atoms with Crippen LogP contribution in [0.4, 0.5) is 10.1 Å². The number of likely N-dealkylation sites (tertiary alicyclic amines) is 2. The van der Waals surface area contributed by atoms with Gasteiger partial charge in [0.1, 0.15) is 29.6 Å². The van der Waals surface area contributed by atoms with Crippen molar-refractivity contribution in [3.63, 3.8) is 0 Å². The van der Waals surface area contributed by atoms with Crippen LogP contribution < -0.4 is 5.32 Å². The monoisotopic (exact) mass is 728 g/mol. The predicted octanol–water partition coefficient (Wildman–Crippen LogP) is 6.08. The standard InChI is InChI=1S/C41H37FN6O6/c42-28-21-27(16-17-29(28)45-38(51)34-14-8-20-48(34)41(53)36(50)25-11-5-2-6-12-25)39-46-32(23-54-39)26-15-18-30-31(22-26)44-37(43-30)33-13-7-19-47(33)40(52)35(49)24-9-3-1-4-10-24/h1-6,9-12,15-18,21-23,33-36,49-50H,7-8,13-14,19-20H2,(H,43,44)(H,45,51)/t33-,34-,35+,36+/m0/s1. The van der Waals surface area contributed by atoms with E-state index in [0.717, 1.165) is 11.9 Å². The molecule has 0 aliphatic carbocycles. The number of anilines is 1. The number of fused-ring (bicyclic) bond motifs is 1.